The normalized spacial score (nSPS) is 12.1. The number of halogens is 4. The predicted octanol–water partition coefficient (Wildman–Crippen LogP) is 8.50. The van der Waals surface area contributed by atoms with E-state index in [2.05, 4.69) is 25.2 Å². The number of ether oxygens (including phenoxy) is 1. The number of hydrogen-bond acceptors (Lipinski definition) is 3. The molecule has 212 valence electrons. The highest BCUT2D eigenvalue weighted by molar-refractivity contribution is 6.04. The Morgan fingerprint density at radius 3 is 2.18 bits per heavy atom. The van der Waals surface area contributed by atoms with Gasteiger partial charge in [0.25, 0.3) is 5.91 Å². The second kappa shape index (κ2) is 14.2. The van der Waals surface area contributed by atoms with E-state index in [1.807, 2.05) is 19.1 Å². The summed E-state index contributed by atoms with van der Waals surface area (Å²) in [6.07, 6.45) is 8.71. The number of amides is 1. The molecule has 2 N–H and O–H groups in total. The van der Waals surface area contributed by atoms with Crippen molar-refractivity contribution in [3.63, 3.8) is 0 Å². The van der Waals surface area contributed by atoms with E-state index in [-0.39, 0.29) is 0 Å². The minimum absolute atomic E-state index is 0.411. The van der Waals surface area contributed by atoms with Gasteiger partial charge in [-0.05, 0) is 48.9 Å². The van der Waals surface area contributed by atoms with Gasteiger partial charge in [0.2, 0.25) is 0 Å². The number of phenolic OH excluding ortho intramolecular Hbond substituents is 1. The lowest BCUT2D eigenvalue weighted by Crippen LogP contribution is -2.39. The first-order valence-corrected chi connectivity index (χ1v) is 13.8. The smallest absolute Gasteiger partial charge is 0.257 e. The van der Waals surface area contributed by atoms with Crippen molar-refractivity contribution in [3.05, 3.63) is 70.3 Å². The van der Waals surface area contributed by atoms with Gasteiger partial charge in [-0.15, -0.1) is 0 Å². The standard InChI is InChI=1S/C31H37F4NO3/c1-4-7-9-12-19-14-17-23(20(18-19)13-10-8-5-2)39-24(11-6-3)36-31(38)22-16-15-21-25(30(22)37)27(33)29(35)28(34)26(21)32/h14-18,24,37H,4-13H2,1-3H3,(H,36,38). The number of benzene rings is 3. The summed E-state index contributed by atoms with van der Waals surface area (Å²) in [5.41, 5.74) is 1.87. The van der Waals surface area contributed by atoms with E-state index in [1.165, 1.54) is 5.56 Å². The number of fused-ring (bicyclic) bond motifs is 1. The fourth-order valence-electron chi connectivity index (χ4n) is 4.64. The molecule has 0 aliphatic heterocycles. The minimum Gasteiger partial charge on any atom is -0.506 e. The molecule has 1 atom stereocenters. The first kappa shape index (κ1) is 30.3. The molecule has 0 bridgehead atoms. The molecular formula is C31H37F4NO3. The van der Waals surface area contributed by atoms with Gasteiger partial charge >= 0.3 is 0 Å². The third-order valence-electron chi connectivity index (χ3n) is 6.81. The molecule has 1 amide bonds. The molecule has 4 nitrogen and oxygen atoms in total. The molecule has 3 rings (SSSR count). The molecule has 0 aliphatic carbocycles. The number of aryl methyl sites for hydroxylation is 2. The molecule has 0 heterocycles. The molecular weight excluding hydrogens is 510 g/mol. The van der Waals surface area contributed by atoms with E-state index in [0.717, 1.165) is 69.1 Å². The molecule has 0 saturated carbocycles. The van der Waals surface area contributed by atoms with E-state index in [1.54, 1.807) is 0 Å². The zero-order chi connectivity index (χ0) is 28.5. The molecule has 0 saturated heterocycles. The van der Waals surface area contributed by atoms with Gasteiger partial charge in [0.1, 0.15) is 11.5 Å². The number of carbonyl (C=O) groups is 1. The SMILES string of the molecule is CCCCCc1ccc(OC(CCC)NC(=O)c2ccc3c(F)c(F)c(F)c(F)c3c2O)c(CCCCC)c1. The highest BCUT2D eigenvalue weighted by Crippen LogP contribution is 2.35. The number of nitrogens with one attached hydrogen (secondary N) is 1. The van der Waals surface area contributed by atoms with Gasteiger partial charge in [0.15, 0.2) is 29.5 Å². The fourth-order valence-corrected chi connectivity index (χ4v) is 4.64. The van der Waals surface area contributed by atoms with Gasteiger partial charge < -0.3 is 15.2 Å². The van der Waals surface area contributed by atoms with Gasteiger partial charge in [0, 0.05) is 11.8 Å². The molecule has 1 unspecified atom stereocenters. The molecule has 0 aliphatic rings. The summed E-state index contributed by atoms with van der Waals surface area (Å²) >= 11 is 0. The van der Waals surface area contributed by atoms with E-state index in [9.17, 15) is 27.5 Å². The van der Waals surface area contributed by atoms with Crippen molar-refractivity contribution in [1.29, 1.82) is 0 Å². The van der Waals surface area contributed by atoms with Crippen molar-refractivity contribution in [2.75, 3.05) is 0 Å². The summed E-state index contributed by atoms with van der Waals surface area (Å²) in [6.45, 7) is 6.23. The van der Waals surface area contributed by atoms with Crippen LogP contribution in [0.5, 0.6) is 11.5 Å². The molecule has 0 radical (unpaired) electrons. The summed E-state index contributed by atoms with van der Waals surface area (Å²) in [4.78, 5) is 13.1. The lowest BCUT2D eigenvalue weighted by Gasteiger charge is -2.23. The van der Waals surface area contributed by atoms with Crippen LogP contribution in [0, 0.1) is 23.3 Å². The zero-order valence-electron chi connectivity index (χ0n) is 22.8. The summed E-state index contributed by atoms with van der Waals surface area (Å²) < 4.78 is 62.3. The first-order valence-electron chi connectivity index (χ1n) is 13.8. The topological polar surface area (TPSA) is 58.6 Å². The maximum Gasteiger partial charge on any atom is 0.257 e. The second-order valence-electron chi connectivity index (χ2n) is 9.87. The second-order valence-corrected chi connectivity index (χ2v) is 9.87. The Kier molecular flexibility index (Phi) is 11.0. The number of aromatic hydroxyl groups is 1. The third kappa shape index (κ3) is 7.22. The highest BCUT2D eigenvalue weighted by atomic mass is 19.2. The van der Waals surface area contributed by atoms with Crippen molar-refractivity contribution in [1.82, 2.24) is 5.32 Å². The van der Waals surface area contributed by atoms with Gasteiger partial charge in [-0.2, -0.15) is 0 Å². The highest BCUT2D eigenvalue weighted by Gasteiger charge is 2.26. The summed E-state index contributed by atoms with van der Waals surface area (Å²) in [5.74, 6) is -8.61. The van der Waals surface area contributed by atoms with Crippen LogP contribution in [-0.4, -0.2) is 17.2 Å². The average Bonchev–Trinajstić information content (AvgIpc) is 2.92. The van der Waals surface area contributed by atoms with E-state index in [0.29, 0.717) is 18.6 Å². The van der Waals surface area contributed by atoms with Crippen molar-refractivity contribution in [2.24, 2.45) is 0 Å². The van der Waals surface area contributed by atoms with Crippen molar-refractivity contribution < 1.29 is 32.2 Å². The van der Waals surface area contributed by atoms with Crippen LogP contribution in [0.1, 0.15) is 93.6 Å². The zero-order valence-corrected chi connectivity index (χ0v) is 22.8. The van der Waals surface area contributed by atoms with Crippen LogP contribution >= 0.6 is 0 Å². The number of unbranched alkanes of at least 4 members (excludes halogenated alkanes) is 4. The van der Waals surface area contributed by atoms with Crippen LogP contribution in [0.2, 0.25) is 0 Å². The number of hydrogen-bond donors (Lipinski definition) is 2. The van der Waals surface area contributed by atoms with Crippen molar-refractivity contribution >= 4 is 16.7 Å². The summed E-state index contributed by atoms with van der Waals surface area (Å²) in [6, 6.07) is 8.08. The Balaban J connectivity index is 1.87. The first-order chi connectivity index (χ1) is 18.7. The monoisotopic (exact) mass is 547 g/mol. The van der Waals surface area contributed by atoms with Gasteiger partial charge in [0.05, 0.1) is 10.9 Å². The fraction of sp³-hybridized carbons (Fsp3) is 0.452. The Morgan fingerprint density at radius 2 is 1.51 bits per heavy atom. The third-order valence-corrected chi connectivity index (χ3v) is 6.81. The number of phenols is 1. The van der Waals surface area contributed by atoms with Crippen LogP contribution in [0.15, 0.2) is 30.3 Å². The van der Waals surface area contributed by atoms with Crippen molar-refractivity contribution in [2.45, 2.75) is 91.2 Å². The molecule has 3 aromatic rings. The molecule has 3 aromatic carbocycles. The van der Waals surface area contributed by atoms with Crippen LogP contribution < -0.4 is 10.1 Å². The molecule has 8 heteroatoms. The molecule has 0 spiro atoms. The van der Waals surface area contributed by atoms with Crippen LogP contribution in [0.3, 0.4) is 0 Å². The van der Waals surface area contributed by atoms with Gasteiger partial charge in [-0.1, -0.05) is 71.1 Å². The quantitative estimate of drug-likeness (QED) is 0.0699. The van der Waals surface area contributed by atoms with Crippen LogP contribution in [-0.2, 0) is 12.8 Å². The van der Waals surface area contributed by atoms with E-state index in [4.69, 9.17) is 4.74 Å². The Morgan fingerprint density at radius 1 is 0.846 bits per heavy atom. The van der Waals surface area contributed by atoms with Crippen molar-refractivity contribution in [3.8, 4) is 11.5 Å². The molecule has 0 fully saturated rings. The summed E-state index contributed by atoms with van der Waals surface area (Å²) in [5, 5.41) is 11.7. The van der Waals surface area contributed by atoms with Gasteiger partial charge in [-0.25, -0.2) is 17.6 Å². The Hall–Kier alpha value is -3.29. The molecule has 39 heavy (non-hydrogen) atoms. The predicted molar refractivity (Wildman–Crippen MR) is 145 cm³/mol. The Bertz CT molecular complexity index is 1300. The maximum atomic E-state index is 14.4. The average molecular weight is 548 g/mol. The maximum absolute atomic E-state index is 14.4. The lowest BCUT2D eigenvalue weighted by molar-refractivity contribution is 0.0809. The largest absolute Gasteiger partial charge is 0.506 e. The number of rotatable bonds is 14. The summed E-state index contributed by atoms with van der Waals surface area (Å²) in [7, 11) is 0. The molecule has 0 aromatic heterocycles. The Labute approximate surface area is 227 Å². The minimum atomic E-state index is -2.06. The van der Waals surface area contributed by atoms with E-state index >= 15 is 0 Å². The van der Waals surface area contributed by atoms with Gasteiger partial charge in [-0.3, -0.25) is 4.79 Å². The van der Waals surface area contributed by atoms with Crippen LogP contribution in [0.4, 0.5) is 17.6 Å². The lowest BCUT2D eigenvalue weighted by atomic mass is 10.00. The number of carbonyl (C=O) groups excluding carboxylic acids is 1. The van der Waals surface area contributed by atoms with Crippen LogP contribution in [0.25, 0.3) is 10.8 Å². The van der Waals surface area contributed by atoms with E-state index < -0.39 is 57.5 Å².